The van der Waals surface area contributed by atoms with Crippen LogP contribution < -0.4 is 0 Å². The lowest BCUT2D eigenvalue weighted by Crippen LogP contribution is -2.11. The Hall–Kier alpha value is -2.75. The van der Waals surface area contributed by atoms with Gasteiger partial charge in [0.15, 0.2) is 9.84 Å². The van der Waals surface area contributed by atoms with Crippen LogP contribution in [0.4, 0.5) is 13.2 Å². The van der Waals surface area contributed by atoms with E-state index in [0.717, 1.165) is 12.1 Å². The molecule has 0 amide bonds. The predicted molar refractivity (Wildman–Crippen MR) is 91.4 cm³/mol. The summed E-state index contributed by atoms with van der Waals surface area (Å²) in [5.41, 5.74) is -0.613. The Labute approximate surface area is 153 Å². The highest BCUT2D eigenvalue weighted by Crippen LogP contribution is 2.31. The second kappa shape index (κ2) is 7.47. The van der Waals surface area contributed by atoms with E-state index in [1.54, 1.807) is 18.2 Å². The molecule has 0 N–H and O–H groups in total. The SMILES string of the molecule is O=S(=O)(CCCn1nnc(-c2cccc(C(F)(F)F)c2)n1)c1ccccc1. The largest absolute Gasteiger partial charge is 0.416 e. The van der Waals surface area contributed by atoms with Crippen molar-refractivity contribution >= 4 is 9.84 Å². The first-order chi connectivity index (χ1) is 12.8. The molecule has 1 heterocycles. The van der Waals surface area contributed by atoms with E-state index in [0.29, 0.717) is 0 Å². The van der Waals surface area contributed by atoms with Crippen LogP contribution in [0.15, 0.2) is 59.5 Å². The van der Waals surface area contributed by atoms with Gasteiger partial charge in [0.05, 0.1) is 22.8 Å². The highest BCUT2D eigenvalue weighted by atomic mass is 32.2. The average molecular weight is 396 g/mol. The average Bonchev–Trinajstić information content (AvgIpc) is 3.11. The third-order valence-corrected chi connectivity index (χ3v) is 5.59. The van der Waals surface area contributed by atoms with Gasteiger partial charge in [-0.1, -0.05) is 30.3 Å². The number of aryl methyl sites for hydroxylation is 1. The Morgan fingerprint density at radius 1 is 1.00 bits per heavy atom. The van der Waals surface area contributed by atoms with E-state index in [1.165, 1.54) is 29.1 Å². The number of alkyl halides is 3. The smallest absolute Gasteiger partial charge is 0.224 e. The fourth-order valence-corrected chi connectivity index (χ4v) is 3.75. The van der Waals surface area contributed by atoms with Gasteiger partial charge in [-0.15, -0.1) is 10.2 Å². The molecular weight excluding hydrogens is 381 g/mol. The van der Waals surface area contributed by atoms with Crippen LogP contribution in [0.25, 0.3) is 11.4 Å². The second-order valence-electron chi connectivity index (χ2n) is 5.77. The number of halogens is 3. The molecule has 0 aliphatic heterocycles. The first-order valence-corrected chi connectivity index (χ1v) is 9.64. The summed E-state index contributed by atoms with van der Waals surface area (Å²) in [6, 6.07) is 12.7. The minimum Gasteiger partial charge on any atom is -0.224 e. The summed E-state index contributed by atoms with van der Waals surface area (Å²) in [5, 5.41) is 11.6. The number of sulfone groups is 1. The third kappa shape index (κ3) is 4.70. The summed E-state index contributed by atoms with van der Waals surface area (Å²) in [4.78, 5) is 1.41. The maximum Gasteiger partial charge on any atom is 0.416 e. The van der Waals surface area contributed by atoms with Crippen molar-refractivity contribution in [2.75, 3.05) is 5.75 Å². The zero-order chi connectivity index (χ0) is 19.5. The molecule has 0 saturated carbocycles. The van der Waals surface area contributed by atoms with Gasteiger partial charge in [0.1, 0.15) is 0 Å². The summed E-state index contributed by atoms with van der Waals surface area (Å²) in [6.45, 7) is 0.179. The molecule has 0 spiro atoms. The number of hydrogen-bond donors (Lipinski definition) is 0. The number of benzene rings is 2. The Balaban J connectivity index is 1.65. The number of tetrazole rings is 1. The van der Waals surface area contributed by atoms with Crippen molar-refractivity contribution < 1.29 is 21.6 Å². The lowest BCUT2D eigenvalue weighted by Gasteiger charge is -2.06. The molecule has 6 nitrogen and oxygen atoms in total. The summed E-state index contributed by atoms with van der Waals surface area (Å²) in [5.74, 6) is -0.0516. The minimum atomic E-state index is -4.46. The Bertz CT molecular complexity index is 1020. The van der Waals surface area contributed by atoms with E-state index in [9.17, 15) is 21.6 Å². The van der Waals surface area contributed by atoms with Gasteiger partial charge in [-0.2, -0.15) is 18.0 Å². The summed E-state index contributed by atoms with van der Waals surface area (Å²) < 4.78 is 62.8. The molecule has 1 aromatic heterocycles. The van der Waals surface area contributed by atoms with E-state index in [4.69, 9.17) is 0 Å². The van der Waals surface area contributed by atoms with Gasteiger partial charge in [-0.05, 0) is 35.9 Å². The molecule has 0 atom stereocenters. The van der Waals surface area contributed by atoms with Gasteiger partial charge in [-0.25, -0.2) is 8.42 Å². The highest BCUT2D eigenvalue weighted by molar-refractivity contribution is 7.91. The zero-order valence-corrected chi connectivity index (χ0v) is 14.8. The van der Waals surface area contributed by atoms with Crippen LogP contribution in [0, 0.1) is 0 Å². The van der Waals surface area contributed by atoms with Crippen molar-refractivity contribution in [2.24, 2.45) is 0 Å². The number of hydrogen-bond acceptors (Lipinski definition) is 5. The molecule has 27 heavy (non-hydrogen) atoms. The number of nitrogens with zero attached hydrogens (tertiary/aromatic N) is 4. The van der Waals surface area contributed by atoms with Crippen molar-refractivity contribution in [3.63, 3.8) is 0 Å². The van der Waals surface area contributed by atoms with Crippen LogP contribution in [-0.2, 0) is 22.6 Å². The first kappa shape index (κ1) is 19.0. The molecule has 3 aromatic rings. The molecule has 142 valence electrons. The molecule has 0 unspecified atom stereocenters. The van der Waals surface area contributed by atoms with E-state index in [-0.39, 0.29) is 35.0 Å². The first-order valence-electron chi connectivity index (χ1n) is 7.99. The fraction of sp³-hybridized carbons (Fsp3) is 0.235. The monoisotopic (exact) mass is 396 g/mol. The molecule has 0 fully saturated rings. The second-order valence-corrected chi connectivity index (χ2v) is 7.88. The lowest BCUT2D eigenvalue weighted by atomic mass is 10.1. The normalized spacial score (nSPS) is 12.3. The molecule has 0 radical (unpaired) electrons. The molecular formula is C17H15F3N4O2S. The molecule has 2 aromatic carbocycles. The molecule has 0 bridgehead atoms. The number of aromatic nitrogens is 4. The molecule has 3 rings (SSSR count). The standard InChI is InChI=1S/C17H15F3N4O2S/c18-17(19,20)14-7-4-6-13(12-14)16-21-23-24(22-16)10-5-11-27(25,26)15-8-2-1-3-9-15/h1-4,6-9,12H,5,10-11H2. The third-order valence-electron chi connectivity index (χ3n) is 3.77. The molecule has 0 aliphatic rings. The van der Waals surface area contributed by atoms with Crippen molar-refractivity contribution in [2.45, 2.75) is 24.0 Å². The molecule has 0 saturated heterocycles. The Kier molecular flexibility index (Phi) is 5.26. The summed E-state index contributed by atoms with van der Waals surface area (Å²) in [6.07, 6.45) is -4.21. The highest BCUT2D eigenvalue weighted by Gasteiger charge is 2.30. The minimum absolute atomic E-state index is 0.0482. The quantitative estimate of drug-likeness (QED) is 0.639. The van der Waals surface area contributed by atoms with Crippen LogP contribution in [0.3, 0.4) is 0 Å². The molecule has 0 aliphatic carbocycles. The summed E-state index contributed by atoms with van der Waals surface area (Å²) in [7, 11) is -3.41. The Morgan fingerprint density at radius 3 is 2.44 bits per heavy atom. The van der Waals surface area contributed by atoms with Crippen molar-refractivity contribution in [3.8, 4) is 11.4 Å². The van der Waals surface area contributed by atoms with E-state index in [2.05, 4.69) is 15.4 Å². The van der Waals surface area contributed by atoms with Gasteiger partial charge < -0.3 is 0 Å². The van der Waals surface area contributed by atoms with Gasteiger partial charge in [0.25, 0.3) is 0 Å². The van der Waals surface area contributed by atoms with Crippen LogP contribution in [0.1, 0.15) is 12.0 Å². The van der Waals surface area contributed by atoms with E-state index >= 15 is 0 Å². The fourth-order valence-electron chi connectivity index (χ4n) is 2.43. The number of rotatable bonds is 6. The lowest BCUT2D eigenvalue weighted by molar-refractivity contribution is -0.137. The van der Waals surface area contributed by atoms with E-state index in [1.807, 2.05) is 0 Å². The van der Waals surface area contributed by atoms with Crippen molar-refractivity contribution in [1.82, 2.24) is 20.2 Å². The topological polar surface area (TPSA) is 77.7 Å². The maximum atomic E-state index is 12.8. The zero-order valence-electron chi connectivity index (χ0n) is 14.0. The molecule has 10 heteroatoms. The predicted octanol–water partition coefficient (Wildman–Crippen LogP) is 3.22. The van der Waals surface area contributed by atoms with Crippen molar-refractivity contribution in [1.29, 1.82) is 0 Å². The van der Waals surface area contributed by atoms with Crippen LogP contribution in [0.2, 0.25) is 0 Å². The van der Waals surface area contributed by atoms with Gasteiger partial charge >= 0.3 is 6.18 Å². The van der Waals surface area contributed by atoms with Crippen molar-refractivity contribution in [3.05, 3.63) is 60.2 Å². The summed E-state index contributed by atoms with van der Waals surface area (Å²) >= 11 is 0. The van der Waals surface area contributed by atoms with Crippen LogP contribution >= 0.6 is 0 Å². The van der Waals surface area contributed by atoms with Gasteiger partial charge in [0.2, 0.25) is 5.82 Å². The Morgan fingerprint density at radius 2 is 1.74 bits per heavy atom. The van der Waals surface area contributed by atoms with Crippen LogP contribution in [-0.4, -0.2) is 34.4 Å². The maximum absolute atomic E-state index is 12.8. The van der Waals surface area contributed by atoms with Gasteiger partial charge in [-0.3, -0.25) is 0 Å². The van der Waals surface area contributed by atoms with Crippen LogP contribution in [0.5, 0.6) is 0 Å². The van der Waals surface area contributed by atoms with Gasteiger partial charge in [0, 0.05) is 5.56 Å². The van der Waals surface area contributed by atoms with E-state index < -0.39 is 21.6 Å².